The number of rotatable bonds is 21. The van der Waals surface area contributed by atoms with E-state index in [4.69, 9.17) is 10.8 Å². The van der Waals surface area contributed by atoms with Crippen LogP contribution < -0.4 is 21.7 Å². The van der Waals surface area contributed by atoms with Crippen molar-refractivity contribution in [1.29, 1.82) is 0 Å². The molecule has 4 heterocycles. The minimum atomic E-state index is -0.897. The van der Waals surface area contributed by atoms with E-state index in [0.717, 1.165) is 25.7 Å². The number of amides is 9. The number of carbonyl (C=O) groups is 10. The molecule has 9 amide bonds. The lowest BCUT2D eigenvalue weighted by atomic mass is 9.81. The zero-order valence-electron chi connectivity index (χ0n) is 49.6. The molecule has 19 nitrogen and oxygen atoms in total. The number of nitrogens with zero attached hydrogens (tertiary/aromatic N) is 4. The van der Waals surface area contributed by atoms with Crippen molar-refractivity contribution in [2.75, 3.05) is 40.3 Å². The van der Waals surface area contributed by atoms with Crippen molar-refractivity contribution < 1.29 is 53.1 Å². The molecule has 0 bridgehead atoms. The first-order chi connectivity index (χ1) is 40.6. The average molecular weight is 1300 g/mol. The van der Waals surface area contributed by atoms with Gasteiger partial charge in [-0.25, -0.2) is 0 Å². The first-order valence-corrected chi connectivity index (χ1v) is 31.6. The zero-order chi connectivity index (χ0) is 62.1. The number of carbonyl (C=O) groups excluding carboxylic acids is 9. The Morgan fingerprint density at radius 2 is 0.976 bits per heavy atom. The molecule has 2 saturated heterocycles. The van der Waals surface area contributed by atoms with Crippen molar-refractivity contribution in [2.24, 2.45) is 41.2 Å². The number of aliphatic carboxylic acids is 1. The van der Waals surface area contributed by atoms with Gasteiger partial charge in [0.05, 0.1) is 33.1 Å². The summed E-state index contributed by atoms with van der Waals surface area (Å²) in [6.07, 6.45) is 24.9. The summed E-state index contributed by atoms with van der Waals surface area (Å²) in [6, 6.07) is 11.2. The lowest BCUT2D eigenvalue weighted by Gasteiger charge is -2.34. The number of fused-ring (bicyclic) bond motifs is 2. The van der Waals surface area contributed by atoms with E-state index in [1.54, 1.807) is 72.4 Å². The molecule has 85 heavy (non-hydrogen) atoms. The van der Waals surface area contributed by atoms with Crippen LogP contribution in [0, 0.1) is 35.5 Å². The second-order valence-electron chi connectivity index (χ2n) is 23.2. The maximum atomic E-state index is 13.9. The molecule has 0 spiro atoms. The highest BCUT2D eigenvalue weighted by molar-refractivity contribution is 9.10. The number of benzene rings is 2. The van der Waals surface area contributed by atoms with Crippen LogP contribution in [-0.2, 0) is 28.8 Å². The summed E-state index contributed by atoms with van der Waals surface area (Å²) < 4.78 is 0. The summed E-state index contributed by atoms with van der Waals surface area (Å²) in [7, 11) is 3.19. The third-order valence-electron chi connectivity index (χ3n) is 16.8. The van der Waals surface area contributed by atoms with Gasteiger partial charge in [0, 0.05) is 40.3 Å². The molecule has 2 aliphatic carbocycles. The van der Waals surface area contributed by atoms with E-state index in [-0.39, 0.29) is 83.4 Å². The van der Waals surface area contributed by atoms with E-state index < -0.39 is 39.8 Å². The Bertz CT molecular complexity index is 2820. The van der Waals surface area contributed by atoms with Crippen LogP contribution in [0.4, 0.5) is 0 Å². The van der Waals surface area contributed by atoms with E-state index in [2.05, 4.69) is 84.3 Å². The SMILES string of the molecule is CNC(=O)[C@H](C(C)C)N1CC[C@@H](C2C=CC=CC2)CC(NC(=O)C(Br)CCCCN2C(=O)c3ccccc3C2=O)C1=O.CNC(=O)[C@H](C(C)C)N1CC[C@@H](C2C=CC=CC2)C[C@H](N)C1=O.O=C(O)C(Br)CCCCN1C(=O)c2ccccc2C1=O. The van der Waals surface area contributed by atoms with Gasteiger partial charge in [-0.2, -0.15) is 0 Å². The highest BCUT2D eigenvalue weighted by atomic mass is 79.9. The monoisotopic (exact) mass is 1300 g/mol. The molecular weight excluding hydrogens is 1220 g/mol. The average Bonchev–Trinajstić information content (AvgIpc) is 2.57. The molecule has 5 unspecified atom stereocenters. The number of hydrogen-bond donors (Lipinski definition) is 5. The molecular formula is C64H84Br2N8O11. The number of imide groups is 2. The van der Waals surface area contributed by atoms with Gasteiger partial charge in [-0.1, -0.05) is 139 Å². The first-order valence-electron chi connectivity index (χ1n) is 29.8. The second-order valence-corrected chi connectivity index (χ2v) is 25.4. The van der Waals surface area contributed by atoms with Gasteiger partial charge in [-0.05, 0) is 130 Å². The second kappa shape index (κ2) is 32.2. The first kappa shape index (κ1) is 67.5. The van der Waals surface area contributed by atoms with Gasteiger partial charge in [-0.3, -0.25) is 57.7 Å². The van der Waals surface area contributed by atoms with Crippen LogP contribution in [0.3, 0.4) is 0 Å². The van der Waals surface area contributed by atoms with Crippen LogP contribution in [0.25, 0.3) is 0 Å². The third-order valence-corrected chi connectivity index (χ3v) is 18.5. The number of alkyl halides is 2. The summed E-state index contributed by atoms with van der Waals surface area (Å²) in [5.74, 6) is -1.68. The van der Waals surface area contributed by atoms with Crippen LogP contribution >= 0.6 is 31.9 Å². The number of likely N-dealkylation sites (N-methyl/N-ethyl adjacent to an activating group) is 2. The zero-order valence-corrected chi connectivity index (χ0v) is 52.8. The van der Waals surface area contributed by atoms with Crippen LogP contribution in [0.15, 0.2) is 97.1 Å². The molecule has 4 aliphatic heterocycles. The smallest absolute Gasteiger partial charge is 0.317 e. The van der Waals surface area contributed by atoms with Crippen molar-refractivity contribution in [3.63, 3.8) is 0 Å². The highest BCUT2D eigenvalue weighted by Gasteiger charge is 2.43. The number of unbranched alkanes of at least 4 members (excludes halogenated alkanes) is 2. The number of allylic oxidation sites excluding steroid dienone is 8. The summed E-state index contributed by atoms with van der Waals surface area (Å²) >= 11 is 6.55. The molecule has 6 N–H and O–H groups in total. The molecule has 0 radical (unpaired) electrons. The Kier molecular flexibility index (Phi) is 25.6. The summed E-state index contributed by atoms with van der Waals surface area (Å²) in [5.41, 5.74) is 7.93. The van der Waals surface area contributed by atoms with Gasteiger partial charge in [0.1, 0.15) is 23.0 Å². The van der Waals surface area contributed by atoms with Gasteiger partial charge in [0.2, 0.25) is 29.5 Å². The Balaban J connectivity index is 0.000000226. The van der Waals surface area contributed by atoms with Gasteiger partial charge in [0.25, 0.3) is 23.6 Å². The van der Waals surface area contributed by atoms with Crippen LogP contribution in [0.1, 0.15) is 146 Å². The molecule has 6 aliphatic rings. The number of likely N-dealkylation sites (tertiary alicyclic amines) is 2. The quantitative estimate of drug-likeness (QED) is 0.0460. The van der Waals surface area contributed by atoms with Crippen molar-refractivity contribution in [3.8, 4) is 0 Å². The van der Waals surface area contributed by atoms with Crippen LogP contribution in [0.5, 0.6) is 0 Å². The summed E-state index contributed by atoms with van der Waals surface area (Å²) in [4.78, 5) is 130. The van der Waals surface area contributed by atoms with Gasteiger partial charge in [0.15, 0.2) is 0 Å². The normalized spacial score (nSPS) is 23.2. The number of halogens is 2. The van der Waals surface area contributed by atoms with E-state index in [1.807, 2.05) is 39.8 Å². The minimum absolute atomic E-state index is 0.0557. The number of nitrogens with one attached hydrogen (secondary N) is 3. The van der Waals surface area contributed by atoms with Gasteiger partial charge >= 0.3 is 5.97 Å². The van der Waals surface area contributed by atoms with Gasteiger partial charge in [-0.15, -0.1) is 0 Å². The molecule has 10 atom stereocenters. The lowest BCUT2D eigenvalue weighted by molar-refractivity contribution is -0.144. The fourth-order valence-corrected chi connectivity index (χ4v) is 12.9. The van der Waals surface area contributed by atoms with Crippen LogP contribution in [-0.4, -0.2) is 158 Å². The molecule has 21 heteroatoms. The fraction of sp³-hybridized carbons (Fsp3) is 0.531. The topological polar surface area (TPSA) is 266 Å². The number of nitrogens with two attached hydrogens (primary N) is 1. The summed E-state index contributed by atoms with van der Waals surface area (Å²) in [6.45, 7) is 9.45. The van der Waals surface area contributed by atoms with Crippen molar-refractivity contribution in [1.82, 2.24) is 35.6 Å². The summed E-state index contributed by atoms with van der Waals surface area (Å²) in [5, 5.41) is 17.1. The van der Waals surface area contributed by atoms with E-state index in [0.29, 0.717) is 105 Å². The maximum absolute atomic E-state index is 13.9. The number of carboxylic acid groups (broad SMARTS) is 1. The predicted molar refractivity (Wildman–Crippen MR) is 331 cm³/mol. The standard InChI is InChI=1S/C32H41BrN4O5.C18H29N3O2.C14H14BrNO4/c1-20(2)27(29(39)34-3)36-18-16-22(21-11-5-4-6-12-21)19-26(32(36)42)35-28(38)25(33)15-9-10-17-37-30(40)23-13-7-8-14-24(23)31(37)41;1-12(2)16(17(22)20-3)21-10-9-14(11-15(19)18(21)23)13-7-5-4-6-8-13;15-11(14(19)20)7-3-4-8-16-12(17)9-5-1-2-6-10(9)13(16)18/h4-8,11,13-14,20-22,25-27H,9-10,12,15-19H2,1-3H3,(H,34,39)(H,35,38);4-7,12-16H,8-11,19H2,1-3H3,(H,20,22);1-2,5-6,11H,3-4,7-8H2,(H,19,20)/t21?,22-,25?,26?,27+;13?,14-,15+,16+;/m11./s1. The molecule has 2 fully saturated rings. The Hall–Kier alpha value is -6.58. The molecule has 8 rings (SSSR count). The minimum Gasteiger partial charge on any atom is -0.480 e. The van der Waals surface area contributed by atoms with Crippen molar-refractivity contribution >= 4 is 91.0 Å². The number of hydrogen-bond acceptors (Lipinski definition) is 11. The Morgan fingerprint density at radius 1 is 0.576 bits per heavy atom. The van der Waals surface area contributed by atoms with Gasteiger partial charge < -0.3 is 36.6 Å². The highest BCUT2D eigenvalue weighted by Crippen LogP contribution is 2.34. The van der Waals surface area contributed by atoms with E-state index >= 15 is 0 Å². The molecule has 0 saturated carbocycles. The molecule has 0 aromatic heterocycles. The fourth-order valence-electron chi connectivity index (χ4n) is 12.2. The number of carboxylic acids is 1. The predicted octanol–water partition coefficient (Wildman–Crippen LogP) is 7.60. The Morgan fingerprint density at radius 3 is 1.35 bits per heavy atom. The van der Waals surface area contributed by atoms with Crippen molar-refractivity contribution in [3.05, 3.63) is 119 Å². The molecule has 460 valence electrons. The third kappa shape index (κ3) is 17.3. The van der Waals surface area contributed by atoms with Crippen LogP contribution in [0.2, 0.25) is 0 Å². The molecule has 2 aromatic rings. The largest absolute Gasteiger partial charge is 0.480 e. The molecule has 2 aromatic carbocycles. The lowest BCUT2D eigenvalue weighted by Crippen LogP contribution is -2.57. The maximum Gasteiger partial charge on any atom is 0.317 e. The van der Waals surface area contributed by atoms with Crippen molar-refractivity contribution in [2.45, 2.75) is 139 Å². The Labute approximate surface area is 516 Å². The van der Waals surface area contributed by atoms with E-state index in [1.165, 1.54) is 9.80 Å². The van der Waals surface area contributed by atoms with E-state index in [9.17, 15) is 47.9 Å².